The number of para-hydroxylation sites is 1. The molecule has 1 atom stereocenters. The first-order chi connectivity index (χ1) is 19.6. The van der Waals surface area contributed by atoms with Crippen LogP contribution in [-0.4, -0.2) is 50.0 Å². The van der Waals surface area contributed by atoms with Crippen molar-refractivity contribution in [2.24, 2.45) is 0 Å². The minimum atomic E-state index is -3.85. The van der Waals surface area contributed by atoms with Gasteiger partial charge in [0.05, 0.1) is 11.9 Å². The van der Waals surface area contributed by atoms with Crippen LogP contribution in [0.3, 0.4) is 0 Å². The molecule has 0 heterocycles. The number of benzene rings is 3. The third kappa shape index (κ3) is 8.47. The van der Waals surface area contributed by atoms with Gasteiger partial charge in [0.2, 0.25) is 21.8 Å². The molecule has 0 aliphatic heterocycles. The van der Waals surface area contributed by atoms with Gasteiger partial charge in [-0.3, -0.25) is 13.9 Å². The number of ether oxygens (including phenoxy) is 1. The Hall–Kier alpha value is -3.56. The molecular formula is C31H36ClN3O5S. The summed E-state index contributed by atoms with van der Waals surface area (Å²) in [5.41, 5.74) is 0.964. The Kier molecular flexibility index (Phi) is 10.3. The van der Waals surface area contributed by atoms with Crippen molar-refractivity contribution >= 4 is 39.1 Å². The molecular weight excluding hydrogens is 562 g/mol. The largest absolute Gasteiger partial charge is 0.457 e. The Balaban J connectivity index is 1.55. The van der Waals surface area contributed by atoms with Crippen LogP contribution in [-0.2, 0) is 26.2 Å². The molecule has 0 radical (unpaired) electrons. The predicted octanol–water partition coefficient (Wildman–Crippen LogP) is 5.76. The minimum absolute atomic E-state index is 0.0548. The molecule has 218 valence electrons. The van der Waals surface area contributed by atoms with E-state index >= 15 is 0 Å². The number of carbonyl (C=O) groups excluding carboxylic acids is 2. The molecule has 1 N–H and O–H groups in total. The van der Waals surface area contributed by atoms with Crippen LogP contribution in [0.25, 0.3) is 0 Å². The number of sulfonamides is 1. The van der Waals surface area contributed by atoms with Crippen molar-refractivity contribution in [3.63, 3.8) is 0 Å². The molecule has 2 amide bonds. The van der Waals surface area contributed by atoms with E-state index in [-0.39, 0.29) is 18.5 Å². The second-order valence-electron chi connectivity index (χ2n) is 10.3. The smallest absolute Gasteiger partial charge is 0.244 e. The minimum Gasteiger partial charge on any atom is -0.457 e. The quantitative estimate of drug-likeness (QED) is 0.303. The second-order valence-corrected chi connectivity index (χ2v) is 12.6. The monoisotopic (exact) mass is 597 g/mol. The van der Waals surface area contributed by atoms with Crippen molar-refractivity contribution in [3.05, 3.63) is 89.4 Å². The van der Waals surface area contributed by atoms with Gasteiger partial charge in [-0.05, 0) is 67.8 Å². The fraction of sp³-hybridized carbons (Fsp3) is 0.355. The van der Waals surface area contributed by atoms with Gasteiger partial charge in [0.15, 0.2) is 0 Å². The predicted molar refractivity (Wildman–Crippen MR) is 162 cm³/mol. The van der Waals surface area contributed by atoms with Gasteiger partial charge < -0.3 is 15.0 Å². The highest BCUT2D eigenvalue weighted by Crippen LogP contribution is 2.26. The summed E-state index contributed by atoms with van der Waals surface area (Å²) in [6.45, 7) is 1.23. The fourth-order valence-corrected chi connectivity index (χ4v) is 5.93. The van der Waals surface area contributed by atoms with Gasteiger partial charge in [-0.1, -0.05) is 67.3 Å². The van der Waals surface area contributed by atoms with E-state index < -0.39 is 28.5 Å². The van der Waals surface area contributed by atoms with Crippen LogP contribution >= 0.6 is 11.6 Å². The Morgan fingerprint density at radius 2 is 1.54 bits per heavy atom. The van der Waals surface area contributed by atoms with Crippen LogP contribution in [0.5, 0.6) is 11.5 Å². The average molecular weight is 598 g/mol. The van der Waals surface area contributed by atoms with E-state index in [1.54, 1.807) is 55.5 Å². The summed E-state index contributed by atoms with van der Waals surface area (Å²) in [5.74, 6) is 0.371. The molecule has 8 nitrogen and oxygen atoms in total. The van der Waals surface area contributed by atoms with Crippen molar-refractivity contribution in [2.75, 3.05) is 17.1 Å². The summed E-state index contributed by atoms with van der Waals surface area (Å²) in [6.07, 6.45) is 6.12. The van der Waals surface area contributed by atoms with Crippen LogP contribution in [0.2, 0.25) is 5.02 Å². The van der Waals surface area contributed by atoms with Gasteiger partial charge in [0.25, 0.3) is 0 Å². The van der Waals surface area contributed by atoms with Crippen molar-refractivity contribution < 1.29 is 22.7 Å². The van der Waals surface area contributed by atoms with Gasteiger partial charge in [-0.25, -0.2) is 8.42 Å². The fourth-order valence-electron chi connectivity index (χ4n) is 4.88. The van der Waals surface area contributed by atoms with E-state index in [9.17, 15) is 18.0 Å². The van der Waals surface area contributed by atoms with Crippen LogP contribution < -0.4 is 14.4 Å². The van der Waals surface area contributed by atoms with E-state index in [0.717, 1.165) is 42.7 Å². The molecule has 41 heavy (non-hydrogen) atoms. The molecule has 3 aromatic carbocycles. The third-order valence-electron chi connectivity index (χ3n) is 7.20. The summed E-state index contributed by atoms with van der Waals surface area (Å²) in [4.78, 5) is 28.5. The molecule has 0 bridgehead atoms. The maximum absolute atomic E-state index is 13.8. The number of hydrogen-bond acceptors (Lipinski definition) is 5. The van der Waals surface area contributed by atoms with Crippen LogP contribution in [0.15, 0.2) is 78.9 Å². The standard InChI is InChI=1S/C31H36ClN3O5S/c1-23(31(37)33-25-12-5-3-6-13-25)34(21-24-11-9-10-16-29(24)32)30(36)22-35(41(2,38)39)26-17-19-28(20-18-26)40-27-14-7-4-8-15-27/h4,7-11,14-20,23,25H,3,5-6,12-13,21-22H2,1-2H3,(H,33,37)/t23-/m1/s1. The summed E-state index contributed by atoms with van der Waals surface area (Å²) in [7, 11) is -3.85. The van der Waals surface area contributed by atoms with Gasteiger partial charge >= 0.3 is 0 Å². The van der Waals surface area contributed by atoms with E-state index in [1.165, 1.54) is 4.90 Å². The van der Waals surface area contributed by atoms with Crippen LogP contribution in [0.1, 0.15) is 44.6 Å². The highest BCUT2D eigenvalue weighted by Gasteiger charge is 2.31. The number of anilines is 1. The first-order valence-electron chi connectivity index (χ1n) is 13.8. The Morgan fingerprint density at radius 1 is 0.927 bits per heavy atom. The molecule has 1 aliphatic rings. The number of nitrogens with zero attached hydrogens (tertiary/aromatic N) is 2. The molecule has 0 unspecified atom stereocenters. The molecule has 0 spiro atoms. The number of rotatable bonds is 11. The van der Waals surface area contributed by atoms with E-state index in [4.69, 9.17) is 16.3 Å². The summed E-state index contributed by atoms with van der Waals surface area (Å²) >= 11 is 6.40. The number of hydrogen-bond donors (Lipinski definition) is 1. The van der Waals surface area contributed by atoms with Gasteiger partial charge in [-0.2, -0.15) is 0 Å². The lowest BCUT2D eigenvalue weighted by Crippen LogP contribution is -2.53. The lowest BCUT2D eigenvalue weighted by molar-refractivity contribution is -0.139. The Bertz CT molecular complexity index is 1430. The zero-order valence-electron chi connectivity index (χ0n) is 23.3. The zero-order valence-corrected chi connectivity index (χ0v) is 24.9. The maximum atomic E-state index is 13.8. The van der Waals surface area contributed by atoms with Crippen LogP contribution in [0.4, 0.5) is 5.69 Å². The molecule has 4 rings (SSSR count). The maximum Gasteiger partial charge on any atom is 0.244 e. The van der Waals surface area contributed by atoms with E-state index in [1.807, 2.05) is 30.3 Å². The van der Waals surface area contributed by atoms with Gasteiger partial charge in [-0.15, -0.1) is 0 Å². The summed E-state index contributed by atoms with van der Waals surface area (Å²) in [6, 6.07) is 22.0. The normalized spacial score (nSPS) is 14.6. The third-order valence-corrected chi connectivity index (χ3v) is 8.71. The van der Waals surface area contributed by atoms with E-state index in [0.29, 0.717) is 27.8 Å². The number of halogens is 1. The van der Waals surface area contributed by atoms with Crippen molar-refractivity contribution in [2.45, 2.75) is 57.7 Å². The molecule has 1 fully saturated rings. The Morgan fingerprint density at radius 3 is 2.17 bits per heavy atom. The molecule has 3 aromatic rings. The molecule has 0 saturated heterocycles. The summed E-state index contributed by atoms with van der Waals surface area (Å²) in [5, 5.41) is 3.54. The first-order valence-corrected chi connectivity index (χ1v) is 16.0. The highest BCUT2D eigenvalue weighted by molar-refractivity contribution is 7.92. The topological polar surface area (TPSA) is 96.0 Å². The molecule has 1 aliphatic carbocycles. The summed E-state index contributed by atoms with van der Waals surface area (Å²) < 4.78 is 32.6. The molecule has 10 heteroatoms. The second kappa shape index (κ2) is 13.9. The lowest BCUT2D eigenvalue weighted by Gasteiger charge is -2.33. The average Bonchev–Trinajstić information content (AvgIpc) is 2.96. The van der Waals surface area contributed by atoms with Crippen molar-refractivity contribution in [1.82, 2.24) is 10.2 Å². The number of nitrogens with one attached hydrogen (secondary N) is 1. The Labute approximate surface area is 247 Å². The van der Waals surface area contributed by atoms with Crippen LogP contribution in [0, 0.1) is 0 Å². The number of carbonyl (C=O) groups is 2. The van der Waals surface area contributed by atoms with Crippen molar-refractivity contribution in [1.29, 1.82) is 0 Å². The van der Waals surface area contributed by atoms with Gasteiger partial charge in [0.1, 0.15) is 24.1 Å². The number of amides is 2. The first kappa shape index (κ1) is 30.4. The zero-order chi connectivity index (χ0) is 29.4. The highest BCUT2D eigenvalue weighted by atomic mass is 35.5. The lowest BCUT2D eigenvalue weighted by atomic mass is 9.95. The SMILES string of the molecule is C[C@H](C(=O)NC1CCCCC1)N(Cc1ccccc1Cl)C(=O)CN(c1ccc(Oc2ccccc2)cc1)S(C)(=O)=O. The van der Waals surface area contributed by atoms with E-state index in [2.05, 4.69) is 5.32 Å². The van der Waals surface area contributed by atoms with Gasteiger partial charge in [0, 0.05) is 17.6 Å². The van der Waals surface area contributed by atoms with Crippen molar-refractivity contribution in [3.8, 4) is 11.5 Å². The molecule has 0 aromatic heterocycles. The molecule has 1 saturated carbocycles.